The summed E-state index contributed by atoms with van der Waals surface area (Å²) in [5.41, 5.74) is 8.72. The van der Waals surface area contributed by atoms with E-state index in [2.05, 4.69) is 4.40 Å². The van der Waals surface area contributed by atoms with Gasteiger partial charge in [0.05, 0.1) is 15.5 Å². The average molecular weight is 535 g/mol. The van der Waals surface area contributed by atoms with Crippen LogP contribution in [0.2, 0.25) is 5.02 Å². The van der Waals surface area contributed by atoms with Crippen molar-refractivity contribution in [1.29, 1.82) is 0 Å². The molecule has 0 radical (unpaired) electrons. The number of anilines is 1. The molecule has 1 unspecified atom stereocenters. The van der Waals surface area contributed by atoms with E-state index in [1.165, 1.54) is 41.8 Å². The van der Waals surface area contributed by atoms with Crippen LogP contribution in [-0.4, -0.2) is 60.9 Å². The van der Waals surface area contributed by atoms with E-state index < -0.39 is 22.0 Å². The summed E-state index contributed by atoms with van der Waals surface area (Å²) in [6.45, 7) is 0. The number of halogens is 1. The van der Waals surface area contributed by atoms with Crippen molar-refractivity contribution in [3.05, 3.63) is 69.6 Å². The molecule has 3 rings (SSSR count). The van der Waals surface area contributed by atoms with Gasteiger partial charge in [0.15, 0.2) is 0 Å². The topological polar surface area (TPSA) is 105 Å². The first kappa shape index (κ1) is 26.7. The third-order valence-electron chi connectivity index (χ3n) is 5.09. The van der Waals surface area contributed by atoms with E-state index in [-0.39, 0.29) is 4.90 Å². The Morgan fingerprint density at radius 1 is 1.09 bits per heavy atom. The fourth-order valence-electron chi connectivity index (χ4n) is 3.55. The lowest BCUT2D eigenvalue weighted by Crippen LogP contribution is -2.18. The highest BCUT2D eigenvalue weighted by atomic mass is 35.5. The Balaban J connectivity index is 2.15. The van der Waals surface area contributed by atoms with Crippen molar-refractivity contribution in [1.82, 2.24) is 4.90 Å². The smallest absolute Gasteiger partial charge is 0.283 e. The number of sulfonamides is 1. The van der Waals surface area contributed by atoms with E-state index in [0.29, 0.717) is 21.0 Å². The van der Waals surface area contributed by atoms with Gasteiger partial charge in [-0.3, -0.25) is 4.79 Å². The number of carbonyl (C=O) groups excluding carboxylic acids is 1. The highest BCUT2D eigenvalue weighted by Gasteiger charge is 2.30. The first-order valence-electron chi connectivity index (χ1n) is 10.5. The van der Waals surface area contributed by atoms with Crippen LogP contribution in [0.15, 0.2) is 57.8 Å². The first-order chi connectivity index (χ1) is 16.5. The van der Waals surface area contributed by atoms with Gasteiger partial charge in [0, 0.05) is 45.9 Å². The number of amides is 1. The Kier molecular flexibility index (Phi) is 8.22. The number of rotatable bonds is 9. The number of ether oxygens (including phenoxy) is 1. The summed E-state index contributed by atoms with van der Waals surface area (Å²) in [6, 6.07) is 13.6. The first-order valence-corrected chi connectivity index (χ1v) is 13.1. The molecular weight excluding hydrogens is 508 g/mol. The molecule has 0 bridgehead atoms. The molecule has 1 amide bonds. The van der Waals surface area contributed by atoms with Gasteiger partial charge < -0.3 is 20.3 Å². The van der Waals surface area contributed by atoms with Crippen LogP contribution < -0.4 is 10.6 Å². The molecule has 0 fully saturated rings. The molecule has 0 aliphatic heterocycles. The van der Waals surface area contributed by atoms with Crippen LogP contribution in [0.1, 0.15) is 26.9 Å². The molecular formula is C24H27ClN4O4S2. The molecule has 0 saturated carbocycles. The molecule has 0 saturated heterocycles. The fourth-order valence-corrected chi connectivity index (χ4v) is 5.86. The minimum Gasteiger partial charge on any atom is -0.376 e. The second kappa shape index (κ2) is 10.8. The minimum absolute atomic E-state index is 0.0457. The largest absolute Gasteiger partial charge is 0.376 e. The second-order valence-electron chi connectivity index (χ2n) is 8.13. The molecule has 0 spiro atoms. The maximum absolute atomic E-state index is 12.5. The quantitative estimate of drug-likeness (QED) is 0.325. The normalized spacial score (nSPS) is 12.6. The number of nitrogens with two attached hydrogens (primary N) is 1. The number of hydrogen-bond acceptors (Lipinski definition) is 6. The standard InChI is InChI=1S/C24H27ClN4O4S2/c1-28(2)14-27-35(31,32)18-12-8-15(9-13-18)21(33-5)19-20(29(3)4)22(34-23(19)24(26)30)16-6-10-17(25)11-7-16/h6-14,21H,1-5H3,(H2,26,30). The summed E-state index contributed by atoms with van der Waals surface area (Å²) in [5.74, 6) is -0.576. The number of benzene rings is 2. The summed E-state index contributed by atoms with van der Waals surface area (Å²) in [5, 5.41) is 0.604. The van der Waals surface area contributed by atoms with Crippen LogP contribution in [0.3, 0.4) is 0 Å². The highest BCUT2D eigenvalue weighted by Crippen LogP contribution is 2.47. The van der Waals surface area contributed by atoms with Crippen LogP contribution in [0, 0.1) is 0 Å². The van der Waals surface area contributed by atoms with Gasteiger partial charge in [0.2, 0.25) is 0 Å². The summed E-state index contributed by atoms with van der Waals surface area (Å²) in [4.78, 5) is 17.2. The van der Waals surface area contributed by atoms with Crippen molar-refractivity contribution in [2.75, 3.05) is 40.2 Å². The van der Waals surface area contributed by atoms with E-state index in [9.17, 15) is 13.2 Å². The Labute approximate surface area is 214 Å². The molecule has 2 N–H and O–H groups in total. The van der Waals surface area contributed by atoms with Crippen molar-refractivity contribution in [2.45, 2.75) is 11.0 Å². The van der Waals surface area contributed by atoms with Crippen LogP contribution in [0.5, 0.6) is 0 Å². The lowest BCUT2D eigenvalue weighted by molar-refractivity contribution is 0.0993. The number of primary amides is 1. The molecule has 11 heteroatoms. The summed E-state index contributed by atoms with van der Waals surface area (Å²) >= 11 is 7.34. The third kappa shape index (κ3) is 5.84. The van der Waals surface area contributed by atoms with E-state index in [1.807, 2.05) is 31.1 Å². The average Bonchev–Trinajstić information content (AvgIpc) is 3.20. The second-order valence-corrected chi connectivity index (χ2v) is 11.2. The van der Waals surface area contributed by atoms with Crippen molar-refractivity contribution in [3.63, 3.8) is 0 Å². The maximum Gasteiger partial charge on any atom is 0.283 e. The van der Waals surface area contributed by atoms with E-state index >= 15 is 0 Å². The SMILES string of the molecule is COC(c1ccc(S(=O)(=O)N=CN(C)C)cc1)c1c(C(N)=O)sc(-c2ccc(Cl)cc2)c1N(C)C. The zero-order valence-corrected chi connectivity index (χ0v) is 22.4. The number of methoxy groups -OCH3 is 1. The van der Waals surface area contributed by atoms with Crippen molar-refractivity contribution < 1.29 is 17.9 Å². The van der Waals surface area contributed by atoms with Crippen molar-refractivity contribution in [2.24, 2.45) is 10.1 Å². The highest BCUT2D eigenvalue weighted by molar-refractivity contribution is 7.90. The van der Waals surface area contributed by atoms with Gasteiger partial charge in [-0.1, -0.05) is 35.9 Å². The molecule has 1 atom stereocenters. The van der Waals surface area contributed by atoms with Crippen LogP contribution in [0.4, 0.5) is 5.69 Å². The van der Waals surface area contributed by atoms with Gasteiger partial charge in [-0.2, -0.15) is 8.42 Å². The summed E-state index contributed by atoms with van der Waals surface area (Å²) in [6.07, 6.45) is 0.558. The summed E-state index contributed by atoms with van der Waals surface area (Å²) < 4.78 is 34.5. The van der Waals surface area contributed by atoms with E-state index in [4.69, 9.17) is 22.1 Å². The Hall–Kier alpha value is -2.92. The van der Waals surface area contributed by atoms with E-state index in [0.717, 1.165) is 16.1 Å². The number of hydrogen-bond donors (Lipinski definition) is 1. The zero-order valence-electron chi connectivity index (χ0n) is 20.0. The molecule has 8 nitrogen and oxygen atoms in total. The minimum atomic E-state index is -3.85. The Bertz CT molecular complexity index is 1330. The van der Waals surface area contributed by atoms with Gasteiger partial charge in [-0.05, 0) is 35.4 Å². The third-order valence-corrected chi connectivity index (χ3v) is 7.84. The van der Waals surface area contributed by atoms with Crippen LogP contribution in [-0.2, 0) is 14.8 Å². The van der Waals surface area contributed by atoms with Crippen LogP contribution >= 0.6 is 22.9 Å². The molecule has 1 heterocycles. The van der Waals surface area contributed by atoms with Crippen molar-refractivity contribution >= 4 is 50.9 Å². The number of carbonyl (C=O) groups is 1. The van der Waals surface area contributed by atoms with Gasteiger partial charge in [0.25, 0.3) is 15.9 Å². The Morgan fingerprint density at radius 3 is 2.17 bits per heavy atom. The maximum atomic E-state index is 12.5. The molecule has 1 aromatic heterocycles. The number of thiophene rings is 1. The molecule has 0 aliphatic carbocycles. The molecule has 35 heavy (non-hydrogen) atoms. The van der Waals surface area contributed by atoms with E-state index in [1.54, 1.807) is 38.4 Å². The summed E-state index contributed by atoms with van der Waals surface area (Å²) in [7, 11) is 4.80. The van der Waals surface area contributed by atoms with Gasteiger partial charge in [0.1, 0.15) is 17.3 Å². The monoisotopic (exact) mass is 534 g/mol. The molecule has 186 valence electrons. The predicted octanol–water partition coefficient (Wildman–Crippen LogP) is 4.25. The zero-order chi connectivity index (χ0) is 25.9. The molecule has 2 aromatic carbocycles. The van der Waals surface area contributed by atoms with Gasteiger partial charge in [-0.15, -0.1) is 15.7 Å². The Morgan fingerprint density at radius 2 is 1.69 bits per heavy atom. The predicted molar refractivity (Wildman–Crippen MR) is 142 cm³/mol. The fraction of sp³-hybridized carbons (Fsp3) is 0.250. The lowest BCUT2D eigenvalue weighted by Gasteiger charge is -2.23. The molecule has 3 aromatic rings. The van der Waals surface area contributed by atoms with Crippen molar-refractivity contribution in [3.8, 4) is 10.4 Å². The molecule has 0 aliphatic rings. The van der Waals surface area contributed by atoms with Gasteiger partial charge in [-0.25, -0.2) is 0 Å². The number of nitrogens with zero attached hydrogens (tertiary/aromatic N) is 3. The van der Waals surface area contributed by atoms with Crippen LogP contribution in [0.25, 0.3) is 10.4 Å². The van der Waals surface area contributed by atoms with Gasteiger partial charge >= 0.3 is 0 Å². The lowest BCUT2D eigenvalue weighted by atomic mass is 9.98.